The Morgan fingerprint density at radius 1 is 1.05 bits per heavy atom. The Morgan fingerprint density at radius 3 is 2.41 bits per heavy atom. The number of aromatic carboxylic acids is 1. The number of aromatic nitrogens is 3. The third-order valence-corrected chi connectivity index (χ3v) is 3.09. The molecule has 3 aromatic rings. The summed E-state index contributed by atoms with van der Waals surface area (Å²) in [6.45, 7) is 0. The number of rotatable bonds is 3. The van der Waals surface area contributed by atoms with Gasteiger partial charge in [-0.05, 0) is 12.1 Å². The number of pyridine rings is 1. The minimum atomic E-state index is -1.32. The molecule has 3 rings (SSSR count). The highest BCUT2D eigenvalue weighted by Gasteiger charge is 2.20. The Hall–Kier alpha value is -3.28. The number of nitrogens with zero attached hydrogens (tertiary/aromatic N) is 2. The summed E-state index contributed by atoms with van der Waals surface area (Å²) < 4.78 is 0. The SMILES string of the molecule is O=C(O)c1c(-c2ccccc2)nc(-c2ccccn2)[nH]c1=O. The van der Waals surface area contributed by atoms with Gasteiger partial charge in [-0.15, -0.1) is 0 Å². The summed E-state index contributed by atoms with van der Waals surface area (Å²) in [6, 6.07) is 13.9. The Morgan fingerprint density at radius 2 is 1.77 bits per heavy atom. The summed E-state index contributed by atoms with van der Waals surface area (Å²) in [6.07, 6.45) is 1.57. The Labute approximate surface area is 125 Å². The molecule has 0 fully saturated rings. The number of benzene rings is 1. The topological polar surface area (TPSA) is 95.9 Å². The van der Waals surface area contributed by atoms with E-state index in [1.165, 1.54) is 0 Å². The monoisotopic (exact) mass is 293 g/mol. The van der Waals surface area contributed by atoms with Gasteiger partial charge in [0.25, 0.3) is 5.56 Å². The largest absolute Gasteiger partial charge is 0.477 e. The predicted octanol–water partition coefficient (Wildman–Crippen LogP) is 2.20. The van der Waals surface area contributed by atoms with Crippen molar-refractivity contribution in [2.75, 3.05) is 0 Å². The fourth-order valence-corrected chi connectivity index (χ4v) is 2.10. The quantitative estimate of drug-likeness (QED) is 0.771. The third kappa shape index (κ3) is 2.49. The van der Waals surface area contributed by atoms with Gasteiger partial charge in [-0.25, -0.2) is 9.78 Å². The van der Waals surface area contributed by atoms with Crippen molar-refractivity contribution in [2.45, 2.75) is 0 Å². The van der Waals surface area contributed by atoms with Crippen molar-refractivity contribution in [1.82, 2.24) is 15.0 Å². The molecule has 0 unspecified atom stereocenters. The van der Waals surface area contributed by atoms with Crippen LogP contribution < -0.4 is 5.56 Å². The van der Waals surface area contributed by atoms with E-state index in [1.807, 2.05) is 0 Å². The number of nitrogens with one attached hydrogen (secondary N) is 1. The highest BCUT2D eigenvalue weighted by Crippen LogP contribution is 2.21. The minimum Gasteiger partial charge on any atom is -0.477 e. The van der Waals surface area contributed by atoms with E-state index in [-0.39, 0.29) is 17.1 Å². The summed E-state index contributed by atoms with van der Waals surface area (Å²) in [5.41, 5.74) is 0.0577. The van der Waals surface area contributed by atoms with Gasteiger partial charge in [0.2, 0.25) is 0 Å². The second-order valence-electron chi connectivity index (χ2n) is 4.52. The van der Waals surface area contributed by atoms with E-state index in [1.54, 1.807) is 54.7 Å². The van der Waals surface area contributed by atoms with Gasteiger partial charge in [0, 0.05) is 11.8 Å². The molecule has 0 radical (unpaired) electrons. The van der Waals surface area contributed by atoms with Crippen LogP contribution in [0, 0.1) is 0 Å². The van der Waals surface area contributed by atoms with Gasteiger partial charge in [0.15, 0.2) is 11.4 Å². The molecule has 0 atom stereocenters. The van der Waals surface area contributed by atoms with Crippen molar-refractivity contribution in [3.63, 3.8) is 0 Å². The molecule has 2 N–H and O–H groups in total. The fourth-order valence-electron chi connectivity index (χ4n) is 2.10. The first-order chi connectivity index (χ1) is 10.7. The van der Waals surface area contributed by atoms with Crippen LogP contribution in [-0.2, 0) is 0 Å². The molecule has 0 spiro atoms. The highest BCUT2D eigenvalue weighted by atomic mass is 16.4. The third-order valence-electron chi connectivity index (χ3n) is 3.09. The van der Waals surface area contributed by atoms with Crippen molar-refractivity contribution in [2.24, 2.45) is 0 Å². The maximum atomic E-state index is 12.1. The molecule has 6 heteroatoms. The highest BCUT2D eigenvalue weighted by molar-refractivity contribution is 5.94. The number of carboxylic acids is 1. The second kappa shape index (κ2) is 5.61. The first kappa shape index (κ1) is 13.7. The van der Waals surface area contributed by atoms with Crippen LogP contribution in [0.15, 0.2) is 59.5 Å². The predicted molar refractivity (Wildman–Crippen MR) is 80.5 cm³/mol. The molecule has 1 aromatic carbocycles. The lowest BCUT2D eigenvalue weighted by atomic mass is 10.1. The van der Waals surface area contributed by atoms with Gasteiger partial charge in [-0.3, -0.25) is 9.78 Å². The van der Waals surface area contributed by atoms with Gasteiger partial charge >= 0.3 is 5.97 Å². The molecule has 0 aliphatic carbocycles. The fraction of sp³-hybridized carbons (Fsp3) is 0. The van der Waals surface area contributed by atoms with Gasteiger partial charge < -0.3 is 10.1 Å². The average Bonchev–Trinajstić information content (AvgIpc) is 2.55. The van der Waals surface area contributed by atoms with Gasteiger partial charge in [-0.2, -0.15) is 0 Å². The van der Waals surface area contributed by atoms with Crippen LogP contribution in [0.25, 0.3) is 22.8 Å². The lowest BCUT2D eigenvalue weighted by Crippen LogP contribution is -2.21. The lowest BCUT2D eigenvalue weighted by Gasteiger charge is -2.07. The summed E-state index contributed by atoms with van der Waals surface area (Å²) in [7, 11) is 0. The van der Waals surface area contributed by atoms with Crippen molar-refractivity contribution in [1.29, 1.82) is 0 Å². The van der Waals surface area contributed by atoms with E-state index < -0.39 is 11.5 Å². The molecule has 0 bridgehead atoms. The Kier molecular flexibility index (Phi) is 3.49. The molecular weight excluding hydrogens is 282 g/mol. The Bertz CT molecular complexity index is 874. The molecule has 0 saturated carbocycles. The van der Waals surface area contributed by atoms with Crippen molar-refractivity contribution in [3.8, 4) is 22.8 Å². The minimum absolute atomic E-state index is 0.123. The number of hydrogen-bond donors (Lipinski definition) is 2. The number of aromatic amines is 1. The van der Waals surface area contributed by atoms with Crippen LogP contribution in [0.4, 0.5) is 0 Å². The zero-order valence-corrected chi connectivity index (χ0v) is 11.4. The van der Waals surface area contributed by atoms with Crippen LogP contribution in [0.3, 0.4) is 0 Å². The molecule has 2 aromatic heterocycles. The zero-order chi connectivity index (χ0) is 15.5. The van der Waals surface area contributed by atoms with E-state index in [0.717, 1.165) is 0 Å². The summed E-state index contributed by atoms with van der Waals surface area (Å²) in [5, 5.41) is 9.29. The Balaban J connectivity index is 2.29. The summed E-state index contributed by atoms with van der Waals surface area (Å²) in [4.78, 5) is 34.4. The van der Waals surface area contributed by atoms with E-state index in [4.69, 9.17) is 0 Å². The van der Waals surface area contributed by atoms with Crippen LogP contribution in [0.1, 0.15) is 10.4 Å². The smallest absolute Gasteiger partial charge is 0.343 e. The molecule has 0 amide bonds. The van der Waals surface area contributed by atoms with E-state index in [9.17, 15) is 14.7 Å². The molecule has 0 aliphatic heterocycles. The molecular formula is C16H11N3O3. The lowest BCUT2D eigenvalue weighted by molar-refractivity contribution is 0.0695. The summed E-state index contributed by atoms with van der Waals surface area (Å²) >= 11 is 0. The van der Waals surface area contributed by atoms with Crippen LogP contribution in [0.5, 0.6) is 0 Å². The number of H-pyrrole nitrogens is 1. The van der Waals surface area contributed by atoms with Crippen molar-refractivity contribution >= 4 is 5.97 Å². The first-order valence-corrected chi connectivity index (χ1v) is 6.51. The van der Waals surface area contributed by atoms with E-state index in [0.29, 0.717) is 11.3 Å². The molecule has 22 heavy (non-hydrogen) atoms. The van der Waals surface area contributed by atoms with Gasteiger partial charge in [0.05, 0.1) is 5.69 Å². The molecule has 0 saturated heterocycles. The molecule has 0 aliphatic rings. The first-order valence-electron chi connectivity index (χ1n) is 6.51. The van der Waals surface area contributed by atoms with E-state index in [2.05, 4.69) is 15.0 Å². The van der Waals surface area contributed by atoms with Crippen molar-refractivity contribution in [3.05, 3.63) is 70.6 Å². The summed E-state index contributed by atoms with van der Waals surface area (Å²) in [5.74, 6) is -1.09. The second-order valence-corrected chi connectivity index (χ2v) is 4.52. The maximum absolute atomic E-state index is 12.1. The van der Waals surface area contributed by atoms with E-state index >= 15 is 0 Å². The molecule has 2 heterocycles. The molecule has 6 nitrogen and oxygen atoms in total. The van der Waals surface area contributed by atoms with Gasteiger partial charge in [0.1, 0.15) is 5.69 Å². The van der Waals surface area contributed by atoms with Crippen LogP contribution in [-0.4, -0.2) is 26.0 Å². The van der Waals surface area contributed by atoms with Crippen LogP contribution in [0.2, 0.25) is 0 Å². The van der Waals surface area contributed by atoms with Crippen LogP contribution >= 0.6 is 0 Å². The van der Waals surface area contributed by atoms with Crippen molar-refractivity contribution < 1.29 is 9.90 Å². The number of carboxylic acid groups (broad SMARTS) is 1. The normalized spacial score (nSPS) is 10.4. The van der Waals surface area contributed by atoms with Gasteiger partial charge in [-0.1, -0.05) is 36.4 Å². The number of carbonyl (C=O) groups is 1. The standard InChI is InChI=1S/C16H11N3O3/c20-15-12(16(21)22)13(10-6-2-1-3-7-10)18-14(19-15)11-8-4-5-9-17-11/h1-9H,(H,21,22)(H,18,19,20). The molecule has 108 valence electrons. The number of hydrogen-bond acceptors (Lipinski definition) is 4. The zero-order valence-electron chi connectivity index (χ0n) is 11.4. The average molecular weight is 293 g/mol. The maximum Gasteiger partial charge on any atom is 0.343 e.